The normalized spacial score (nSPS) is 11.4. The van der Waals surface area contributed by atoms with E-state index in [1.54, 1.807) is 49.4 Å². The van der Waals surface area contributed by atoms with E-state index in [0.717, 1.165) is 5.56 Å². The number of methoxy groups -OCH3 is 2. The van der Waals surface area contributed by atoms with Crippen molar-refractivity contribution < 1.29 is 23.8 Å². The van der Waals surface area contributed by atoms with Crippen molar-refractivity contribution >= 4 is 17.6 Å². The number of para-hydroxylation sites is 1. The fraction of sp³-hybridized carbons (Fsp3) is 0.227. The average Bonchev–Trinajstić information content (AvgIpc) is 3.18. The topological polar surface area (TPSA) is 91.7 Å². The van der Waals surface area contributed by atoms with Gasteiger partial charge in [0.1, 0.15) is 0 Å². The summed E-state index contributed by atoms with van der Waals surface area (Å²) in [7, 11) is 3.16. The summed E-state index contributed by atoms with van der Waals surface area (Å²) in [5, 5.41) is 7.03. The highest BCUT2D eigenvalue weighted by molar-refractivity contribution is 5.95. The summed E-state index contributed by atoms with van der Waals surface area (Å²) in [5.41, 5.74) is 1.94. The van der Waals surface area contributed by atoms with Gasteiger partial charge in [-0.05, 0) is 6.07 Å². The van der Waals surface area contributed by atoms with Crippen LogP contribution in [0.15, 0.2) is 60.9 Å². The standard InChI is InChI=1S/C22H23N3O5/c1-15(26)30-21(16-8-5-4-6-9-16)22(27)24-18-12-23-25(14-18)13-17-10-7-11-19(28-2)20(17)29-3/h4-12,14,21H,13H2,1-3H3,(H,24,27). The van der Waals surface area contributed by atoms with E-state index in [1.165, 1.54) is 13.1 Å². The smallest absolute Gasteiger partial charge is 0.303 e. The number of anilines is 1. The molecule has 0 radical (unpaired) electrons. The van der Waals surface area contributed by atoms with Crippen molar-refractivity contribution in [1.29, 1.82) is 0 Å². The second kappa shape index (κ2) is 9.60. The van der Waals surface area contributed by atoms with Crippen molar-refractivity contribution in [2.24, 2.45) is 0 Å². The van der Waals surface area contributed by atoms with Crippen molar-refractivity contribution in [3.05, 3.63) is 72.1 Å². The van der Waals surface area contributed by atoms with Gasteiger partial charge in [0.2, 0.25) is 6.10 Å². The molecule has 0 aliphatic carbocycles. The number of aromatic nitrogens is 2. The maximum atomic E-state index is 12.7. The van der Waals surface area contributed by atoms with E-state index in [-0.39, 0.29) is 0 Å². The van der Waals surface area contributed by atoms with Gasteiger partial charge < -0.3 is 19.5 Å². The van der Waals surface area contributed by atoms with Gasteiger partial charge >= 0.3 is 5.97 Å². The SMILES string of the molecule is COc1cccc(Cn2cc(NC(=O)C(OC(C)=O)c3ccccc3)cn2)c1OC. The Morgan fingerprint density at radius 2 is 1.83 bits per heavy atom. The number of nitrogens with zero attached hydrogens (tertiary/aromatic N) is 2. The molecule has 1 amide bonds. The summed E-state index contributed by atoms with van der Waals surface area (Å²) in [4.78, 5) is 24.2. The Hall–Kier alpha value is -3.81. The number of carbonyl (C=O) groups is 2. The van der Waals surface area contributed by atoms with Gasteiger partial charge in [-0.25, -0.2) is 0 Å². The summed E-state index contributed by atoms with van der Waals surface area (Å²) < 4.78 is 17.6. The molecule has 1 unspecified atom stereocenters. The van der Waals surface area contributed by atoms with Crippen LogP contribution in [0.3, 0.4) is 0 Å². The lowest BCUT2D eigenvalue weighted by Crippen LogP contribution is -2.24. The molecule has 0 saturated carbocycles. The van der Waals surface area contributed by atoms with E-state index in [0.29, 0.717) is 29.3 Å². The van der Waals surface area contributed by atoms with Gasteiger partial charge in [-0.1, -0.05) is 42.5 Å². The van der Waals surface area contributed by atoms with Crippen molar-refractivity contribution in [1.82, 2.24) is 9.78 Å². The third-order valence-corrected chi connectivity index (χ3v) is 4.34. The summed E-state index contributed by atoms with van der Waals surface area (Å²) in [5.74, 6) is 0.248. The quantitative estimate of drug-likeness (QED) is 0.575. The Labute approximate surface area is 174 Å². The van der Waals surface area contributed by atoms with Gasteiger partial charge in [-0.3, -0.25) is 14.3 Å². The third kappa shape index (κ3) is 4.96. The van der Waals surface area contributed by atoms with Gasteiger partial charge in [0.15, 0.2) is 11.5 Å². The Morgan fingerprint density at radius 1 is 1.07 bits per heavy atom. The lowest BCUT2D eigenvalue weighted by atomic mass is 10.1. The molecule has 8 heteroatoms. The summed E-state index contributed by atoms with van der Waals surface area (Å²) in [6.07, 6.45) is 2.16. The van der Waals surface area contributed by atoms with Crippen molar-refractivity contribution in [3.8, 4) is 11.5 Å². The van der Waals surface area contributed by atoms with Crippen LogP contribution in [0.4, 0.5) is 5.69 Å². The molecule has 3 rings (SSSR count). The number of esters is 1. The molecule has 0 saturated heterocycles. The summed E-state index contributed by atoms with van der Waals surface area (Å²) in [6, 6.07) is 14.4. The van der Waals surface area contributed by atoms with Gasteiger partial charge in [0.05, 0.1) is 32.6 Å². The molecular weight excluding hydrogens is 386 g/mol. The molecule has 156 valence electrons. The minimum absolute atomic E-state index is 0.419. The van der Waals surface area contributed by atoms with Gasteiger partial charge in [-0.2, -0.15) is 5.10 Å². The van der Waals surface area contributed by atoms with Crippen LogP contribution in [0.5, 0.6) is 11.5 Å². The largest absolute Gasteiger partial charge is 0.493 e. The van der Waals surface area contributed by atoms with Crippen LogP contribution in [0, 0.1) is 0 Å². The molecule has 0 fully saturated rings. The average molecular weight is 409 g/mol. The molecule has 0 aliphatic rings. The number of nitrogens with one attached hydrogen (secondary N) is 1. The minimum atomic E-state index is -1.05. The minimum Gasteiger partial charge on any atom is -0.493 e. The lowest BCUT2D eigenvalue weighted by Gasteiger charge is -2.16. The van der Waals surface area contributed by atoms with E-state index >= 15 is 0 Å². The molecule has 1 N–H and O–H groups in total. The first-order chi connectivity index (χ1) is 14.5. The number of benzene rings is 2. The highest BCUT2D eigenvalue weighted by atomic mass is 16.5. The van der Waals surface area contributed by atoms with Crippen LogP contribution < -0.4 is 14.8 Å². The van der Waals surface area contributed by atoms with Crippen molar-refractivity contribution in [2.45, 2.75) is 19.6 Å². The number of carbonyl (C=O) groups excluding carboxylic acids is 2. The number of ether oxygens (including phenoxy) is 3. The van der Waals surface area contributed by atoms with Gasteiger partial charge in [0, 0.05) is 24.2 Å². The van der Waals surface area contributed by atoms with Crippen LogP contribution in [-0.2, 0) is 20.9 Å². The van der Waals surface area contributed by atoms with Gasteiger partial charge in [0.25, 0.3) is 5.91 Å². The Bertz CT molecular complexity index is 1020. The first-order valence-electron chi connectivity index (χ1n) is 9.27. The van der Waals surface area contributed by atoms with E-state index < -0.39 is 18.0 Å². The molecule has 1 heterocycles. The Morgan fingerprint density at radius 3 is 2.50 bits per heavy atom. The monoisotopic (exact) mass is 409 g/mol. The highest BCUT2D eigenvalue weighted by Gasteiger charge is 2.24. The molecule has 30 heavy (non-hydrogen) atoms. The fourth-order valence-corrected chi connectivity index (χ4v) is 3.04. The molecular formula is C22H23N3O5. The van der Waals surface area contributed by atoms with Crippen LogP contribution in [0.25, 0.3) is 0 Å². The molecule has 0 bridgehead atoms. The Balaban J connectivity index is 1.75. The molecule has 8 nitrogen and oxygen atoms in total. The predicted octanol–water partition coefficient (Wildman–Crippen LogP) is 3.19. The maximum absolute atomic E-state index is 12.7. The first kappa shape index (κ1) is 20.9. The van der Waals surface area contributed by atoms with E-state index in [4.69, 9.17) is 14.2 Å². The van der Waals surface area contributed by atoms with E-state index in [1.807, 2.05) is 24.3 Å². The highest BCUT2D eigenvalue weighted by Crippen LogP contribution is 2.31. The third-order valence-electron chi connectivity index (χ3n) is 4.34. The molecule has 2 aromatic carbocycles. The second-order valence-corrected chi connectivity index (χ2v) is 6.47. The summed E-state index contributed by atoms with van der Waals surface area (Å²) >= 11 is 0. The molecule has 0 aliphatic heterocycles. The van der Waals surface area contributed by atoms with Crippen molar-refractivity contribution in [3.63, 3.8) is 0 Å². The zero-order chi connectivity index (χ0) is 21.5. The number of hydrogen-bond donors (Lipinski definition) is 1. The van der Waals surface area contributed by atoms with E-state index in [2.05, 4.69) is 10.4 Å². The molecule has 3 aromatic rings. The molecule has 0 spiro atoms. The van der Waals surface area contributed by atoms with Crippen LogP contribution in [0.1, 0.15) is 24.2 Å². The van der Waals surface area contributed by atoms with Crippen LogP contribution in [-0.4, -0.2) is 35.9 Å². The van der Waals surface area contributed by atoms with E-state index in [9.17, 15) is 9.59 Å². The second-order valence-electron chi connectivity index (χ2n) is 6.47. The zero-order valence-corrected chi connectivity index (χ0v) is 17.0. The van der Waals surface area contributed by atoms with Crippen LogP contribution in [0.2, 0.25) is 0 Å². The zero-order valence-electron chi connectivity index (χ0n) is 17.0. The Kier molecular flexibility index (Phi) is 6.69. The lowest BCUT2D eigenvalue weighted by molar-refractivity contribution is -0.152. The fourth-order valence-electron chi connectivity index (χ4n) is 3.04. The number of rotatable bonds is 8. The predicted molar refractivity (Wildman–Crippen MR) is 110 cm³/mol. The van der Waals surface area contributed by atoms with Crippen molar-refractivity contribution in [2.75, 3.05) is 19.5 Å². The number of amides is 1. The molecule has 1 aromatic heterocycles. The first-order valence-corrected chi connectivity index (χ1v) is 9.27. The summed E-state index contributed by atoms with van der Waals surface area (Å²) in [6.45, 7) is 1.69. The number of hydrogen-bond acceptors (Lipinski definition) is 6. The van der Waals surface area contributed by atoms with Gasteiger partial charge in [-0.15, -0.1) is 0 Å². The molecule has 1 atom stereocenters. The van der Waals surface area contributed by atoms with Crippen LogP contribution >= 0.6 is 0 Å². The maximum Gasteiger partial charge on any atom is 0.303 e.